The van der Waals surface area contributed by atoms with Crippen molar-refractivity contribution in [2.75, 3.05) is 5.32 Å². The number of rotatable bonds is 3. The van der Waals surface area contributed by atoms with Gasteiger partial charge in [-0.15, -0.1) is 0 Å². The number of hydrogen-bond donors (Lipinski definition) is 1. The second kappa shape index (κ2) is 5.21. The van der Waals surface area contributed by atoms with Gasteiger partial charge in [-0.05, 0) is 18.2 Å². The Bertz CT molecular complexity index is 625. The predicted octanol–water partition coefficient (Wildman–Crippen LogP) is 2.01. The summed E-state index contributed by atoms with van der Waals surface area (Å²) in [6.45, 7) is 1.36. The maximum atomic E-state index is 10.9. The van der Waals surface area contributed by atoms with Crippen molar-refractivity contribution in [3.63, 3.8) is 0 Å². The van der Waals surface area contributed by atoms with E-state index in [9.17, 15) is 14.9 Å². The molecular formula is C12H10N4O3. The standard InChI is InChI=1S/C12H10N4O3/c1-8(17)14-12-13-7-6-11(15-12)9-2-4-10(5-3-9)16(18)19/h2-7H,1H3,(H,13,14,15,17). The van der Waals surface area contributed by atoms with Crippen molar-refractivity contribution >= 4 is 17.5 Å². The maximum Gasteiger partial charge on any atom is 0.269 e. The van der Waals surface area contributed by atoms with Crippen LogP contribution in [-0.2, 0) is 4.79 Å². The van der Waals surface area contributed by atoms with Gasteiger partial charge in [0, 0.05) is 30.8 Å². The van der Waals surface area contributed by atoms with E-state index in [2.05, 4.69) is 15.3 Å². The largest absolute Gasteiger partial charge is 0.295 e. The van der Waals surface area contributed by atoms with Crippen LogP contribution in [0.2, 0.25) is 0 Å². The third-order valence-corrected chi connectivity index (χ3v) is 2.32. The van der Waals surface area contributed by atoms with Crippen LogP contribution < -0.4 is 5.32 Å². The van der Waals surface area contributed by atoms with Crippen LogP contribution in [0.5, 0.6) is 0 Å². The first-order valence-corrected chi connectivity index (χ1v) is 5.42. The first-order chi connectivity index (χ1) is 9.06. The van der Waals surface area contributed by atoms with Crippen LogP contribution in [0.25, 0.3) is 11.3 Å². The van der Waals surface area contributed by atoms with Crippen molar-refractivity contribution in [2.24, 2.45) is 0 Å². The highest BCUT2D eigenvalue weighted by molar-refractivity contribution is 5.86. The normalized spacial score (nSPS) is 9.95. The summed E-state index contributed by atoms with van der Waals surface area (Å²) in [4.78, 5) is 29.0. The molecule has 0 aliphatic rings. The zero-order valence-electron chi connectivity index (χ0n) is 10.0. The molecule has 0 saturated carbocycles. The lowest BCUT2D eigenvalue weighted by Gasteiger charge is -2.03. The van der Waals surface area contributed by atoms with Crippen molar-refractivity contribution in [3.8, 4) is 11.3 Å². The number of hydrogen-bond acceptors (Lipinski definition) is 5. The molecular weight excluding hydrogens is 248 g/mol. The van der Waals surface area contributed by atoms with Gasteiger partial charge in [0.05, 0.1) is 10.6 Å². The number of carbonyl (C=O) groups is 1. The van der Waals surface area contributed by atoms with Crippen LogP contribution in [0.1, 0.15) is 6.92 Å². The summed E-state index contributed by atoms with van der Waals surface area (Å²) in [5, 5.41) is 13.0. The zero-order chi connectivity index (χ0) is 13.8. The summed E-state index contributed by atoms with van der Waals surface area (Å²) in [5.74, 6) is -0.0656. The summed E-state index contributed by atoms with van der Waals surface area (Å²) >= 11 is 0. The monoisotopic (exact) mass is 258 g/mol. The fourth-order valence-corrected chi connectivity index (χ4v) is 1.49. The molecule has 0 spiro atoms. The number of non-ortho nitro benzene ring substituents is 1. The molecule has 1 heterocycles. The molecule has 0 saturated heterocycles. The van der Waals surface area contributed by atoms with Gasteiger partial charge in [0.2, 0.25) is 11.9 Å². The van der Waals surface area contributed by atoms with E-state index in [1.165, 1.54) is 25.3 Å². The molecule has 1 amide bonds. The topological polar surface area (TPSA) is 98.0 Å². The maximum absolute atomic E-state index is 10.9. The van der Waals surface area contributed by atoms with Gasteiger partial charge in [-0.2, -0.15) is 0 Å². The van der Waals surface area contributed by atoms with Crippen molar-refractivity contribution in [1.29, 1.82) is 0 Å². The van der Waals surface area contributed by atoms with Gasteiger partial charge in [0.15, 0.2) is 0 Å². The molecule has 1 N–H and O–H groups in total. The Morgan fingerprint density at radius 3 is 2.53 bits per heavy atom. The van der Waals surface area contributed by atoms with E-state index >= 15 is 0 Å². The fraction of sp³-hybridized carbons (Fsp3) is 0.0833. The van der Waals surface area contributed by atoms with E-state index in [0.717, 1.165) is 0 Å². The minimum Gasteiger partial charge on any atom is -0.295 e. The van der Waals surface area contributed by atoms with E-state index in [1.54, 1.807) is 18.2 Å². The molecule has 0 radical (unpaired) electrons. The molecule has 0 atom stereocenters. The number of nitrogens with zero attached hydrogens (tertiary/aromatic N) is 3. The number of benzene rings is 1. The Kier molecular flexibility index (Phi) is 3.46. The van der Waals surface area contributed by atoms with E-state index in [-0.39, 0.29) is 17.5 Å². The zero-order valence-corrected chi connectivity index (χ0v) is 10.0. The molecule has 96 valence electrons. The van der Waals surface area contributed by atoms with Crippen molar-refractivity contribution in [3.05, 3.63) is 46.6 Å². The Morgan fingerprint density at radius 2 is 1.95 bits per heavy atom. The van der Waals surface area contributed by atoms with Gasteiger partial charge in [0.1, 0.15) is 0 Å². The lowest BCUT2D eigenvalue weighted by Crippen LogP contribution is -2.09. The second-order valence-electron chi connectivity index (χ2n) is 3.75. The van der Waals surface area contributed by atoms with Crippen LogP contribution >= 0.6 is 0 Å². The van der Waals surface area contributed by atoms with Crippen molar-refractivity contribution < 1.29 is 9.72 Å². The van der Waals surface area contributed by atoms with Crippen LogP contribution in [0, 0.1) is 10.1 Å². The van der Waals surface area contributed by atoms with E-state index in [4.69, 9.17) is 0 Å². The van der Waals surface area contributed by atoms with Crippen molar-refractivity contribution in [1.82, 2.24) is 9.97 Å². The number of nitro groups is 1. The molecule has 19 heavy (non-hydrogen) atoms. The molecule has 2 aromatic rings. The van der Waals surface area contributed by atoms with Gasteiger partial charge in [-0.1, -0.05) is 0 Å². The Hall–Kier alpha value is -2.83. The van der Waals surface area contributed by atoms with E-state index in [0.29, 0.717) is 11.3 Å². The SMILES string of the molecule is CC(=O)Nc1nccc(-c2ccc([N+](=O)[O-])cc2)n1. The number of nitro benzene ring substituents is 1. The number of aromatic nitrogens is 2. The first kappa shape index (κ1) is 12.6. The summed E-state index contributed by atoms with van der Waals surface area (Å²) < 4.78 is 0. The van der Waals surface area contributed by atoms with E-state index in [1.807, 2.05) is 0 Å². The number of anilines is 1. The molecule has 1 aromatic heterocycles. The fourth-order valence-electron chi connectivity index (χ4n) is 1.49. The minimum absolute atomic E-state index is 0.0138. The van der Waals surface area contributed by atoms with Crippen LogP contribution in [-0.4, -0.2) is 20.8 Å². The van der Waals surface area contributed by atoms with Gasteiger partial charge in [-0.25, -0.2) is 9.97 Å². The molecule has 0 fully saturated rings. The highest BCUT2D eigenvalue weighted by Gasteiger charge is 2.07. The molecule has 7 heteroatoms. The molecule has 1 aromatic carbocycles. The Morgan fingerprint density at radius 1 is 1.26 bits per heavy atom. The lowest BCUT2D eigenvalue weighted by atomic mass is 10.1. The molecule has 0 aliphatic heterocycles. The Balaban J connectivity index is 2.30. The van der Waals surface area contributed by atoms with Gasteiger partial charge < -0.3 is 0 Å². The van der Waals surface area contributed by atoms with Crippen molar-refractivity contribution in [2.45, 2.75) is 6.92 Å². The van der Waals surface area contributed by atoms with Gasteiger partial charge in [-0.3, -0.25) is 20.2 Å². The van der Waals surface area contributed by atoms with Gasteiger partial charge >= 0.3 is 0 Å². The summed E-state index contributed by atoms with van der Waals surface area (Å²) in [6, 6.07) is 7.65. The smallest absolute Gasteiger partial charge is 0.269 e. The quantitative estimate of drug-likeness (QED) is 0.670. The third-order valence-electron chi connectivity index (χ3n) is 2.32. The summed E-state index contributed by atoms with van der Waals surface area (Å²) in [7, 11) is 0. The molecule has 0 aliphatic carbocycles. The molecule has 0 unspecified atom stereocenters. The Labute approximate surface area is 108 Å². The van der Waals surface area contributed by atoms with Gasteiger partial charge in [0.25, 0.3) is 5.69 Å². The third kappa shape index (κ3) is 3.09. The summed E-state index contributed by atoms with van der Waals surface area (Å²) in [5.41, 5.74) is 1.30. The lowest BCUT2D eigenvalue weighted by molar-refractivity contribution is -0.384. The van der Waals surface area contributed by atoms with Crippen LogP contribution in [0.15, 0.2) is 36.5 Å². The first-order valence-electron chi connectivity index (χ1n) is 5.42. The van der Waals surface area contributed by atoms with E-state index < -0.39 is 4.92 Å². The molecule has 7 nitrogen and oxygen atoms in total. The highest BCUT2D eigenvalue weighted by Crippen LogP contribution is 2.21. The second-order valence-corrected chi connectivity index (χ2v) is 3.75. The predicted molar refractivity (Wildman–Crippen MR) is 68.4 cm³/mol. The van der Waals surface area contributed by atoms with Crippen LogP contribution in [0.3, 0.4) is 0 Å². The van der Waals surface area contributed by atoms with Crippen LogP contribution in [0.4, 0.5) is 11.6 Å². The minimum atomic E-state index is -0.466. The average molecular weight is 258 g/mol. The highest BCUT2D eigenvalue weighted by atomic mass is 16.6. The molecule has 2 rings (SSSR count). The average Bonchev–Trinajstić information content (AvgIpc) is 2.38. The number of amides is 1. The number of nitrogens with one attached hydrogen (secondary N) is 1. The number of carbonyl (C=O) groups excluding carboxylic acids is 1. The summed E-state index contributed by atoms with van der Waals surface area (Å²) in [6.07, 6.45) is 1.51. The molecule has 0 bridgehead atoms.